The Hall–Kier alpha value is -1.89. The first-order valence-corrected chi connectivity index (χ1v) is 11.1. The van der Waals surface area contributed by atoms with Crippen LogP contribution >= 0.6 is 0 Å². The van der Waals surface area contributed by atoms with Gasteiger partial charge in [0.15, 0.2) is 0 Å². The standard InChI is InChI=1S/C21H26N2O3S/c24-27(25,23-11-2-1-3-12-23)20-7-4-17(5-8-20)15-22-16-18-6-9-21-19(14-18)10-13-26-21/h4-9,14,22H,1-3,10-13,15-16H2. The van der Waals surface area contributed by atoms with Gasteiger partial charge in [0, 0.05) is 32.6 Å². The van der Waals surface area contributed by atoms with E-state index in [2.05, 4.69) is 17.4 Å². The molecule has 5 nitrogen and oxygen atoms in total. The monoisotopic (exact) mass is 386 g/mol. The van der Waals surface area contributed by atoms with Gasteiger partial charge >= 0.3 is 0 Å². The van der Waals surface area contributed by atoms with E-state index in [0.717, 1.165) is 50.1 Å². The molecule has 0 amide bonds. The third-order valence-corrected chi connectivity index (χ3v) is 7.20. The van der Waals surface area contributed by atoms with Gasteiger partial charge in [0.05, 0.1) is 11.5 Å². The Morgan fingerprint density at radius 1 is 0.926 bits per heavy atom. The summed E-state index contributed by atoms with van der Waals surface area (Å²) >= 11 is 0. The normalized spacial score (nSPS) is 17.5. The summed E-state index contributed by atoms with van der Waals surface area (Å²) in [5.41, 5.74) is 3.60. The smallest absolute Gasteiger partial charge is 0.243 e. The highest BCUT2D eigenvalue weighted by Gasteiger charge is 2.25. The van der Waals surface area contributed by atoms with Gasteiger partial charge in [-0.1, -0.05) is 30.7 Å². The molecule has 4 rings (SSSR count). The molecule has 6 heteroatoms. The number of nitrogens with one attached hydrogen (secondary N) is 1. The van der Waals surface area contributed by atoms with Crippen molar-refractivity contribution in [2.24, 2.45) is 0 Å². The molecule has 0 bridgehead atoms. The molecule has 0 aliphatic carbocycles. The van der Waals surface area contributed by atoms with Crippen LogP contribution in [0.25, 0.3) is 0 Å². The van der Waals surface area contributed by atoms with Gasteiger partial charge in [0.1, 0.15) is 5.75 Å². The summed E-state index contributed by atoms with van der Waals surface area (Å²) in [6.07, 6.45) is 4.01. The molecule has 0 atom stereocenters. The van der Waals surface area contributed by atoms with Gasteiger partial charge in [-0.3, -0.25) is 0 Å². The van der Waals surface area contributed by atoms with Crippen LogP contribution in [0.4, 0.5) is 0 Å². The van der Waals surface area contributed by atoms with Crippen molar-refractivity contribution in [2.75, 3.05) is 19.7 Å². The zero-order valence-electron chi connectivity index (χ0n) is 15.5. The second-order valence-corrected chi connectivity index (χ2v) is 9.19. The van der Waals surface area contributed by atoms with E-state index in [1.54, 1.807) is 16.4 Å². The van der Waals surface area contributed by atoms with Crippen LogP contribution in [0.15, 0.2) is 47.4 Å². The van der Waals surface area contributed by atoms with Gasteiger partial charge in [0.25, 0.3) is 0 Å². The third kappa shape index (κ3) is 4.18. The van der Waals surface area contributed by atoms with Crippen molar-refractivity contribution in [1.82, 2.24) is 9.62 Å². The van der Waals surface area contributed by atoms with E-state index in [0.29, 0.717) is 24.5 Å². The molecule has 1 N–H and O–H groups in total. The van der Waals surface area contributed by atoms with E-state index in [9.17, 15) is 8.42 Å². The van der Waals surface area contributed by atoms with Gasteiger partial charge < -0.3 is 10.1 Å². The van der Waals surface area contributed by atoms with E-state index in [1.807, 2.05) is 18.2 Å². The fraction of sp³-hybridized carbons (Fsp3) is 0.429. The second-order valence-electron chi connectivity index (χ2n) is 7.25. The van der Waals surface area contributed by atoms with Crippen molar-refractivity contribution in [3.05, 3.63) is 59.2 Å². The number of rotatable bonds is 6. The lowest BCUT2D eigenvalue weighted by atomic mass is 10.1. The van der Waals surface area contributed by atoms with E-state index < -0.39 is 10.0 Å². The maximum atomic E-state index is 12.7. The fourth-order valence-electron chi connectivity index (χ4n) is 3.73. The van der Waals surface area contributed by atoms with E-state index in [4.69, 9.17) is 4.74 Å². The van der Waals surface area contributed by atoms with Crippen LogP contribution in [-0.4, -0.2) is 32.4 Å². The van der Waals surface area contributed by atoms with Crippen LogP contribution in [0.3, 0.4) is 0 Å². The molecule has 2 aliphatic heterocycles. The summed E-state index contributed by atoms with van der Waals surface area (Å²) in [6, 6.07) is 13.6. The van der Waals surface area contributed by atoms with Crippen LogP contribution in [-0.2, 0) is 29.5 Å². The molecule has 144 valence electrons. The van der Waals surface area contributed by atoms with Crippen molar-refractivity contribution in [3.8, 4) is 5.75 Å². The van der Waals surface area contributed by atoms with Crippen molar-refractivity contribution < 1.29 is 13.2 Å². The number of fused-ring (bicyclic) bond motifs is 1. The SMILES string of the molecule is O=S(=O)(c1ccc(CNCc2ccc3c(c2)CCO3)cc1)N1CCCCC1. The molecule has 27 heavy (non-hydrogen) atoms. The zero-order valence-corrected chi connectivity index (χ0v) is 16.3. The summed E-state index contributed by atoms with van der Waals surface area (Å²) in [5, 5.41) is 3.43. The van der Waals surface area contributed by atoms with Crippen LogP contribution in [0.1, 0.15) is 36.0 Å². The lowest BCUT2D eigenvalue weighted by Gasteiger charge is -2.25. The quantitative estimate of drug-likeness (QED) is 0.829. The van der Waals surface area contributed by atoms with Gasteiger partial charge in [-0.05, 0) is 47.7 Å². The lowest BCUT2D eigenvalue weighted by Crippen LogP contribution is -2.35. The van der Waals surface area contributed by atoms with Gasteiger partial charge in [-0.2, -0.15) is 4.31 Å². The van der Waals surface area contributed by atoms with Crippen molar-refractivity contribution in [2.45, 2.75) is 43.7 Å². The molecular weight excluding hydrogens is 360 g/mol. The van der Waals surface area contributed by atoms with E-state index >= 15 is 0 Å². The summed E-state index contributed by atoms with van der Waals surface area (Å²) in [5.74, 6) is 1.00. The summed E-state index contributed by atoms with van der Waals surface area (Å²) in [4.78, 5) is 0.395. The Kier molecular flexibility index (Phi) is 5.48. The molecule has 1 saturated heterocycles. The van der Waals surface area contributed by atoms with Crippen molar-refractivity contribution >= 4 is 10.0 Å². The number of benzene rings is 2. The first-order valence-electron chi connectivity index (χ1n) is 9.67. The molecule has 0 aromatic heterocycles. The summed E-state index contributed by atoms with van der Waals surface area (Å²) in [7, 11) is -3.35. The van der Waals surface area contributed by atoms with Crippen LogP contribution < -0.4 is 10.1 Å². The molecular formula is C21H26N2O3S. The van der Waals surface area contributed by atoms with E-state index in [1.165, 1.54) is 11.1 Å². The Labute approximate surface area is 161 Å². The molecule has 0 unspecified atom stereocenters. The Bertz CT molecular complexity index is 888. The zero-order chi connectivity index (χ0) is 18.7. The largest absolute Gasteiger partial charge is 0.493 e. The summed E-state index contributed by atoms with van der Waals surface area (Å²) in [6.45, 7) is 3.53. The average Bonchev–Trinajstić information content (AvgIpc) is 3.17. The molecule has 0 saturated carbocycles. The van der Waals surface area contributed by atoms with Gasteiger partial charge in [0.2, 0.25) is 10.0 Å². The molecule has 2 aromatic carbocycles. The number of piperidine rings is 1. The molecule has 2 aliphatic rings. The highest BCUT2D eigenvalue weighted by molar-refractivity contribution is 7.89. The number of sulfonamides is 1. The predicted molar refractivity (Wildman–Crippen MR) is 105 cm³/mol. The Morgan fingerprint density at radius 3 is 2.41 bits per heavy atom. The highest BCUT2D eigenvalue weighted by Crippen LogP contribution is 2.26. The first-order chi connectivity index (χ1) is 13.1. The minimum Gasteiger partial charge on any atom is -0.493 e. The van der Waals surface area contributed by atoms with Gasteiger partial charge in [-0.15, -0.1) is 0 Å². The Morgan fingerprint density at radius 2 is 1.63 bits per heavy atom. The Balaban J connectivity index is 1.34. The molecule has 0 radical (unpaired) electrons. The fourth-order valence-corrected chi connectivity index (χ4v) is 5.25. The minimum atomic E-state index is -3.35. The first kappa shape index (κ1) is 18.5. The van der Waals surface area contributed by atoms with Crippen LogP contribution in [0.2, 0.25) is 0 Å². The predicted octanol–water partition coefficient (Wildman–Crippen LogP) is 3.09. The van der Waals surface area contributed by atoms with Crippen LogP contribution in [0.5, 0.6) is 5.75 Å². The summed E-state index contributed by atoms with van der Waals surface area (Å²) < 4.78 is 32.5. The maximum Gasteiger partial charge on any atom is 0.243 e. The lowest BCUT2D eigenvalue weighted by molar-refractivity contribution is 0.346. The van der Waals surface area contributed by atoms with Gasteiger partial charge in [-0.25, -0.2) is 8.42 Å². The molecule has 2 aromatic rings. The number of nitrogens with zero attached hydrogens (tertiary/aromatic N) is 1. The molecule has 1 fully saturated rings. The van der Waals surface area contributed by atoms with Crippen molar-refractivity contribution in [3.63, 3.8) is 0 Å². The maximum absolute atomic E-state index is 12.7. The highest BCUT2D eigenvalue weighted by atomic mass is 32.2. The average molecular weight is 387 g/mol. The number of ether oxygens (including phenoxy) is 1. The third-order valence-electron chi connectivity index (χ3n) is 5.29. The minimum absolute atomic E-state index is 0.395. The molecule has 2 heterocycles. The van der Waals surface area contributed by atoms with Crippen molar-refractivity contribution in [1.29, 1.82) is 0 Å². The molecule has 0 spiro atoms. The van der Waals surface area contributed by atoms with E-state index in [-0.39, 0.29) is 0 Å². The number of hydrogen-bond donors (Lipinski definition) is 1. The topological polar surface area (TPSA) is 58.6 Å². The van der Waals surface area contributed by atoms with Crippen LogP contribution in [0, 0.1) is 0 Å². The second kappa shape index (κ2) is 8.00. The number of hydrogen-bond acceptors (Lipinski definition) is 4.